The Morgan fingerprint density at radius 1 is 1.44 bits per heavy atom. The normalized spacial score (nSPS) is 12.2. The lowest BCUT2D eigenvalue weighted by Crippen LogP contribution is -2.23. The molecule has 0 saturated carbocycles. The molecule has 0 saturated heterocycles. The van der Waals surface area contributed by atoms with Gasteiger partial charge in [0, 0.05) is 14.9 Å². The number of rotatable bonds is 4. The Balaban J connectivity index is 2.77. The van der Waals surface area contributed by atoms with Gasteiger partial charge in [-0.05, 0) is 57.0 Å². The van der Waals surface area contributed by atoms with Gasteiger partial charge in [0.2, 0.25) is 5.91 Å². The van der Waals surface area contributed by atoms with Crippen LogP contribution >= 0.6 is 31.9 Å². The number of para-hydroxylation sites is 1. The molecule has 3 N–H and O–H groups in total. The van der Waals surface area contributed by atoms with Crippen molar-refractivity contribution < 1.29 is 4.79 Å². The van der Waals surface area contributed by atoms with Crippen LogP contribution in [0, 0.1) is 5.92 Å². The molecule has 0 aliphatic heterocycles. The van der Waals surface area contributed by atoms with Gasteiger partial charge in [0.15, 0.2) is 0 Å². The summed E-state index contributed by atoms with van der Waals surface area (Å²) in [6.45, 7) is 2.39. The second-order valence-electron chi connectivity index (χ2n) is 3.56. The molecule has 5 heteroatoms. The second kappa shape index (κ2) is 6.37. The molecule has 0 aliphatic carbocycles. The number of halogens is 2. The standard InChI is InChI=1S/C11H14Br2N2O/c1-7(5-6-14)11(16)15-10-8(12)3-2-4-9(10)13/h2-4,7H,5-6,14H2,1H3,(H,15,16). The monoisotopic (exact) mass is 348 g/mol. The quantitative estimate of drug-likeness (QED) is 0.877. The molecule has 16 heavy (non-hydrogen) atoms. The van der Waals surface area contributed by atoms with Gasteiger partial charge in [0.1, 0.15) is 0 Å². The molecule has 3 nitrogen and oxygen atoms in total. The highest BCUT2D eigenvalue weighted by molar-refractivity contribution is 9.11. The molecule has 0 radical (unpaired) electrons. The van der Waals surface area contributed by atoms with E-state index in [0.29, 0.717) is 13.0 Å². The van der Waals surface area contributed by atoms with Crippen molar-refractivity contribution in [1.29, 1.82) is 0 Å². The number of hydrogen-bond donors (Lipinski definition) is 2. The Kier molecular flexibility index (Phi) is 5.44. The zero-order chi connectivity index (χ0) is 12.1. The van der Waals surface area contributed by atoms with Crippen LogP contribution in [0.2, 0.25) is 0 Å². The van der Waals surface area contributed by atoms with E-state index >= 15 is 0 Å². The Bertz CT molecular complexity index is 362. The SMILES string of the molecule is CC(CCN)C(=O)Nc1c(Br)cccc1Br. The van der Waals surface area contributed by atoms with Crippen LogP contribution in [0.25, 0.3) is 0 Å². The highest BCUT2D eigenvalue weighted by Crippen LogP contribution is 2.30. The Morgan fingerprint density at radius 2 is 2.00 bits per heavy atom. The third-order valence-corrected chi connectivity index (χ3v) is 3.58. The van der Waals surface area contributed by atoms with Crippen molar-refractivity contribution in [3.05, 3.63) is 27.1 Å². The van der Waals surface area contributed by atoms with E-state index < -0.39 is 0 Å². The lowest BCUT2D eigenvalue weighted by molar-refractivity contribution is -0.119. The maximum Gasteiger partial charge on any atom is 0.227 e. The van der Waals surface area contributed by atoms with Crippen LogP contribution < -0.4 is 11.1 Å². The smallest absolute Gasteiger partial charge is 0.227 e. The lowest BCUT2D eigenvalue weighted by Gasteiger charge is -2.13. The van der Waals surface area contributed by atoms with E-state index in [4.69, 9.17) is 5.73 Å². The van der Waals surface area contributed by atoms with E-state index in [2.05, 4.69) is 37.2 Å². The number of nitrogens with two attached hydrogens (primary N) is 1. The number of benzene rings is 1. The van der Waals surface area contributed by atoms with Crippen molar-refractivity contribution >= 4 is 43.5 Å². The van der Waals surface area contributed by atoms with Gasteiger partial charge in [-0.15, -0.1) is 0 Å². The van der Waals surface area contributed by atoms with Crippen LogP contribution in [0.15, 0.2) is 27.1 Å². The van der Waals surface area contributed by atoms with E-state index in [1.807, 2.05) is 25.1 Å². The molecular formula is C11H14Br2N2O. The number of nitrogens with one attached hydrogen (secondary N) is 1. The fourth-order valence-corrected chi connectivity index (χ4v) is 2.44. The minimum Gasteiger partial charge on any atom is -0.330 e. The zero-order valence-electron chi connectivity index (χ0n) is 8.97. The highest BCUT2D eigenvalue weighted by Gasteiger charge is 2.14. The number of hydrogen-bond acceptors (Lipinski definition) is 2. The minimum absolute atomic E-state index is 0.0157. The van der Waals surface area contributed by atoms with Crippen LogP contribution in [-0.2, 0) is 4.79 Å². The van der Waals surface area contributed by atoms with Gasteiger partial charge in [0.05, 0.1) is 5.69 Å². The first-order valence-corrected chi connectivity index (χ1v) is 6.59. The summed E-state index contributed by atoms with van der Waals surface area (Å²) in [6, 6.07) is 5.66. The van der Waals surface area contributed by atoms with E-state index in [-0.39, 0.29) is 11.8 Å². The summed E-state index contributed by atoms with van der Waals surface area (Å²) in [7, 11) is 0. The molecule has 0 aliphatic rings. The number of anilines is 1. The van der Waals surface area contributed by atoms with Crippen LogP contribution in [0.5, 0.6) is 0 Å². The lowest BCUT2D eigenvalue weighted by atomic mass is 10.1. The van der Waals surface area contributed by atoms with Crippen molar-refractivity contribution in [3.8, 4) is 0 Å². The van der Waals surface area contributed by atoms with Crippen LogP contribution in [-0.4, -0.2) is 12.5 Å². The van der Waals surface area contributed by atoms with Gasteiger partial charge >= 0.3 is 0 Å². The first-order chi connectivity index (χ1) is 7.56. The summed E-state index contributed by atoms with van der Waals surface area (Å²) in [4.78, 5) is 11.8. The average Bonchev–Trinajstić information content (AvgIpc) is 2.23. The molecule has 1 rings (SSSR count). The Hall–Kier alpha value is -0.390. The Morgan fingerprint density at radius 3 is 2.50 bits per heavy atom. The second-order valence-corrected chi connectivity index (χ2v) is 5.27. The van der Waals surface area contributed by atoms with Crippen LogP contribution in [0.3, 0.4) is 0 Å². The maximum atomic E-state index is 11.8. The highest BCUT2D eigenvalue weighted by atomic mass is 79.9. The molecule has 88 valence electrons. The van der Waals surface area contributed by atoms with Crippen molar-refractivity contribution in [3.63, 3.8) is 0 Å². The summed E-state index contributed by atoms with van der Waals surface area (Å²) in [5.74, 6) is -0.0953. The molecule has 1 atom stereocenters. The molecule has 1 unspecified atom stereocenters. The average molecular weight is 350 g/mol. The van der Waals surface area contributed by atoms with Gasteiger partial charge in [-0.25, -0.2) is 0 Å². The van der Waals surface area contributed by atoms with Crippen LogP contribution in [0.1, 0.15) is 13.3 Å². The van der Waals surface area contributed by atoms with Gasteiger partial charge in [-0.3, -0.25) is 4.79 Å². The first-order valence-electron chi connectivity index (χ1n) is 5.01. The van der Waals surface area contributed by atoms with E-state index in [0.717, 1.165) is 14.6 Å². The summed E-state index contributed by atoms with van der Waals surface area (Å²) in [5.41, 5.74) is 6.18. The summed E-state index contributed by atoms with van der Waals surface area (Å²) < 4.78 is 1.71. The molecule has 0 spiro atoms. The predicted octanol–water partition coefficient (Wildman–Crippen LogP) is 3.14. The summed E-state index contributed by atoms with van der Waals surface area (Å²) >= 11 is 6.79. The van der Waals surface area contributed by atoms with Gasteiger partial charge in [-0.2, -0.15) is 0 Å². The first kappa shape index (κ1) is 13.7. The van der Waals surface area contributed by atoms with Gasteiger partial charge in [0.25, 0.3) is 0 Å². The fraction of sp³-hybridized carbons (Fsp3) is 0.364. The van der Waals surface area contributed by atoms with Crippen molar-refractivity contribution in [2.45, 2.75) is 13.3 Å². The predicted molar refractivity (Wildman–Crippen MR) is 73.3 cm³/mol. The number of amides is 1. The maximum absolute atomic E-state index is 11.8. The molecule has 0 aromatic heterocycles. The van der Waals surface area contributed by atoms with E-state index in [1.54, 1.807) is 0 Å². The molecule has 0 bridgehead atoms. The van der Waals surface area contributed by atoms with Gasteiger partial charge in [-0.1, -0.05) is 13.0 Å². The van der Waals surface area contributed by atoms with Crippen LogP contribution in [0.4, 0.5) is 5.69 Å². The van der Waals surface area contributed by atoms with Crippen molar-refractivity contribution in [2.75, 3.05) is 11.9 Å². The third kappa shape index (κ3) is 3.57. The minimum atomic E-state index is -0.0796. The summed E-state index contributed by atoms with van der Waals surface area (Å²) in [5, 5.41) is 2.87. The molecule has 1 aromatic rings. The zero-order valence-corrected chi connectivity index (χ0v) is 12.1. The molecule has 0 fully saturated rings. The number of carbonyl (C=O) groups excluding carboxylic acids is 1. The van der Waals surface area contributed by atoms with Gasteiger partial charge < -0.3 is 11.1 Å². The third-order valence-electron chi connectivity index (χ3n) is 2.26. The largest absolute Gasteiger partial charge is 0.330 e. The molecular weight excluding hydrogens is 336 g/mol. The van der Waals surface area contributed by atoms with Crippen molar-refractivity contribution in [1.82, 2.24) is 0 Å². The van der Waals surface area contributed by atoms with E-state index in [9.17, 15) is 4.79 Å². The Labute approximate surface area is 112 Å². The molecule has 1 aromatic carbocycles. The topological polar surface area (TPSA) is 55.1 Å². The fourth-order valence-electron chi connectivity index (χ4n) is 1.24. The van der Waals surface area contributed by atoms with Crippen molar-refractivity contribution in [2.24, 2.45) is 11.7 Å². The molecule has 0 heterocycles. The molecule has 1 amide bonds. The number of carbonyl (C=O) groups is 1. The summed E-state index contributed by atoms with van der Waals surface area (Å²) in [6.07, 6.45) is 0.688. The van der Waals surface area contributed by atoms with E-state index in [1.165, 1.54) is 0 Å².